The average Bonchev–Trinajstić information content (AvgIpc) is 2.32. The van der Waals surface area contributed by atoms with Gasteiger partial charge in [0.05, 0.1) is 7.58 Å². The third kappa shape index (κ3) is 1.22. The lowest BCUT2D eigenvalue weighted by Crippen LogP contribution is -1.82. The normalized spacial score (nSPS) is 10.8. The van der Waals surface area contributed by atoms with E-state index in [-0.39, 0.29) is 0 Å². The number of hydrogen-bond acceptors (Lipinski definition) is 3. The molecule has 12 heavy (non-hydrogen) atoms. The van der Waals surface area contributed by atoms with Gasteiger partial charge in [0.1, 0.15) is 0 Å². The Morgan fingerprint density at radius 3 is 2.83 bits per heavy atom. The molecule has 0 saturated carbocycles. The van der Waals surface area contributed by atoms with E-state index in [2.05, 4.69) is 35.2 Å². The molecule has 0 fully saturated rings. The van der Waals surface area contributed by atoms with Crippen LogP contribution in [0.15, 0.2) is 23.1 Å². The number of halogens is 1. The van der Waals surface area contributed by atoms with E-state index in [0.717, 1.165) is 20.7 Å². The Kier molecular flexibility index (Phi) is 2.22. The first-order valence-corrected chi connectivity index (χ1v) is 5.70. The van der Waals surface area contributed by atoms with Gasteiger partial charge < -0.3 is 5.73 Å². The number of thiophene rings is 1. The maximum Gasteiger partial charge on any atom is 0.0800 e. The molecule has 0 bridgehead atoms. The molecule has 0 aliphatic heterocycles. The second-order valence-corrected chi connectivity index (χ2v) is 5.73. The Labute approximate surface area is 93.5 Å². The Morgan fingerprint density at radius 2 is 2.17 bits per heavy atom. The zero-order valence-electron chi connectivity index (χ0n) is 6.04. The predicted molar refractivity (Wildman–Crippen MR) is 66.2 cm³/mol. The maximum absolute atomic E-state index is 5.81. The first-order chi connectivity index (χ1) is 5.70. The molecule has 0 unspecified atom stereocenters. The Bertz CT molecular complexity index is 436. The molecule has 0 amide bonds. The minimum Gasteiger partial charge on any atom is -0.398 e. The lowest BCUT2D eigenvalue weighted by molar-refractivity contribution is 1.62. The van der Waals surface area contributed by atoms with Crippen molar-refractivity contribution in [2.75, 3.05) is 5.73 Å². The molecule has 0 spiro atoms. The lowest BCUT2D eigenvalue weighted by Gasteiger charge is -1.93. The molecule has 0 radical (unpaired) electrons. The van der Waals surface area contributed by atoms with Gasteiger partial charge in [0, 0.05) is 16.0 Å². The summed E-state index contributed by atoms with van der Waals surface area (Å²) in [4.78, 5) is 1.04. The van der Waals surface area contributed by atoms with E-state index in [1.54, 1.807) is 11.3 Å². The van der Waals surface area contributed by atoms with Crippen LogP contribution in [0.3, 0.4) is 0 Å². The number of fused-ring (bicyclic) bond motifs is 1. The SMILES string of the molecule is Nc1cccc2c(S)c(I)sc12. The van der Waals surface area contributed by atoms with Crippen LogP contribution in [-0.2, 0) is 0 Å². The molecule has 0 aliphatic carbocycles. The van der Waals surface area contributed by atoms with E-state index >= 15 is 0 Å². The molecule has 2 aromatic rings. The van der Waals surface area contributed by atoms with E-state index in [1.165, 1.54) is 2.88 Å². The predicted octanol–water partition coefficient (Wildman–Crippen LogP) is 3.38. The third-order valence-electron chi connectivity index (χ3n) is 1.68. The van der Waals surface area contributed by atoms with Gasteiger partial charge in [-0.05, 0) is 28.7 Å². The van der Waals surface area contributed by atoms with Crippen LogP contribution < -0.4 is 5.73 Å². The summed E-state index contributed by atoms with van der Waals surface area (Å²) in [5, 5.41) is 1.16. The quantitative estimate of drug-likeness (QED) is 0.435. The minimum absolute atomic E-state index is 0.843. The highest BCUT2D eigenvalue weighted by Crippen LogP contribution is 2.37. The number of thiol groups is 1. The van der Waals surface area contributed by atoms with E-state index in [9.17, 15) is 0 Å². The molecule has 0 atom stereocenters. The van der Waals surface area contributed by atoms with Gasteiger partial charge in [0.25, 0.3) is 0 Å². The summed E-state index contributed by atoms with van der Waals surface area (Å²) in [7, 11) is 0. The highest BCUT2D eigenvalue weighted by atomic mass is 127. The van der Waals surface area contributed by atoms with Crippen molar-refractivity contribution in [1.82, 2.24) is 0 Å². The third-order valence-corrected chi connectivity index (χ3v) is 4.96. The summed E-state index contributed by atoms with van der Waals surface area (Å²) in [6, 6.07) is 5.93. The zero-order valence-corrected chi connectivity index (χ0v) is 9.91. The molecule has 1 nitrogen and oxygen atoms in total. The lowest BCUT2D eigenvalue weighted by atomic mass is 10.2. The largest absolute Gasteiger partial charge is 0.398 e. The van der Waals surface area contributed by atoms with Gasteiger partial charge in [-0.2, -0.15) is 0 Å². The van der Waals surface area contributed by atoms with E-state index in [4.69, 9.17) is 5.73 Å². The van der Waals surface area contributed by atoms with Gasteiger partial charge in [0.2, 0.25) is 0 Å². The fourth-order valence-electron chi connectivity index (χ4n) is 1.10. The summed E-state index contributed by atoms with van der Waals surface area (Å²) in [5.74, 6) is 0. The Morgan fingerprint density at radius 1 is 1.42 bits per heavy atom. The van der Waals surface area contributed by atoms with Gasteiger partial charge >= 0.3 is 0 Å². The summed E-state index contributed by atoms with van der Waals surface area (Å²) in [5.41, 5.74) is 6.65. The highest BCUT2D eigenvalue weighted by Gasteiger charge is 2.07. The molecule has 0 aliphatic rings. The van der Waals surface area contributed by atoms with Crippen LogP contribution in [0.4, 0.5) is 5.69 Å². The van der Waals surface area contributed by atoms with Crippen molar-refractivity contribution in [1.29, 1.82) is 0 Å². The van der Waals surface area contributed by atoms with Crippen LogP contribution in [-0.4, -0.2) is 0 Å². The van der Waals surface area contributed by atoms with Gasteiger partial charge in [-0.25, -0.2) is 0 Å². The maximum atomic E-state index is 5.81. The molecule has 1 heterocycles. The fourth-order valence-corrected chi connectivity index (χ4v) is 3.30. The number of hydrogen-bond donors (Lipinski definition) is 2. The topological polar surface area (TPSA) is 26.0 Å². The summed E-state index contributed by atoms with van der Waals surface area (Å²) in [6.07, 6.45) is 0. The molecular formula is C8H6INS2. The molecule has 1 aromatic heterocycles. The van der Waals surface area contributed by atoms with Crippen molar-refractivity contribution in [3.63, 3.8) is 0 Å². The van der Waals surface area contributed by atoms with Crippen molar-refractivity contribution >= 4 is 62.3 Å². The summed E-state index contributed by atoms with van der Waals surface area (Å²) in [6.45, 7) is 0. The van der Waals surface area contributed by atoms with Crippen molar-refractivity contribution < 1.29 is 0 Å². The highest BCUT2D eigenvalue weighted by molar-refractivity contribution is 14.1. The first-order valence-electron chi connectivity index (χ1n) is 3.35. The van der Waals surface area contributed by atoms with Crippen LogP contribution in [0, 0.1) is 2.88 Å². The van der Waals surface area contributed by atoms with Crippen molar-refractivity contribution in [3.8, 4) is 0 Å². The smallest absolute Gasteiger partial charge is 0.0800 e. The average molecular weight is 307 g/mol. The minimum atomic E-state index is 0.843. The molecule has 2 rings (SSSR count). The van der Waals surface area contributed by atoms with E-state index in [1.807, 2.05) is 18.2 Å². The zero-order chi connectivity index (χ0) is 8.72. The summed E-state index contributed by atoms with van der Waals surface area (Å²) < 4.78 is 2.34. The molecule has 1 aromatic carbocycles. The monoisotopic (exact) mass is 307 g/mol. The molecule has 4 heteroatoms. The van der Waals surface area contributed by atoms with E-state index in [0.29, 0.717) is 0 Å². The van der Waals surface area contributed by atoms with Gasteiger partial charge in [-0.15, -0.1) is 24.0 Å². The molecule has 0 saturated heterocycles. The van der Waals surface area contributed by atoms with E-state index < -0.39 is 0 Å². The van der Waals surface area contributed by atoms with Crippen LogP contribution >= 0.6 is 46.6 Å². The molecule has 62 valence electrons. The van der Waals surface area contributed by atoms with Crippen LogP contribution in [0.25, 0.3) is 10.1 Å². The number of nitrogen functional groups attached to an aromatic ring is 1. The number of benzene rings is 1. The molecular weight excluding hydrogens is 301 g/mol. The Hall–Kier alpha value is 0.0600. The van der Waals surface area contributed by atoms with Crippen molar-refractivity contribution in [3.05, 3.63) is 21.1 Å². The first kappa shape index (κ1) is 8.65. The number of nitrogens with two attached hydrogens (primary N) is 1. The summed E-state index contributed by atoms with van der Waals surface area (Å²) >= 11 is 8.38. The van der Waals surface area contributed by atoms with Crippen LogP contribution in [0.1, 0.15) is 0 Å². The second-order valence-electron chi connectivity index (χ2n) is 2.45. The fraction of sp³-hybridized carbons (Fsp3) is 0. The second kappa shape index (κ2) is 3.08. The van der Waals surface area contributed by atoms with Crippen LogP contribution in [0.5, 0.6) is 0 Å². The number of rotatable bonds is 0. The van der Waals surface area contributed by atoms with Crippen LogP contribution in [0.2, 0.25) is 0 Å². The van der Waals surface area contributed by atoms with Gasteiger partial charge in [-0.1, -0.05) is 12.1 Å². The standard InChI is InChI=1S/C8H6INS2/c9-8-6(11)4-2-1-3-5(10)7(4)12-8/h1-3,11H,10H2. The number of anilines is 1. The van der Waals surface area contributed by atoms with Gasteiger partial charge in [-0.3, -0.25) is 0 Å². The van der Waals surface area contributed by atoms with Crippen molar-refractivity contribution in [2.24, 2.45) is 0 Å². The molecule has 2 N–H and O–H groups in total. The van der Waals surface area contributed by atoms with Crippen molar-refractivity contribution in [2.45, 2.75) is 4.90 Å². The Balaban J connectivity index is 2.95. The van der Waals surface area contributed by atoms with Gasteiger partial charge in [0.15, 0.2) is 0 Å².